The largest absolute Gasteiger partial charge is 0.508 e. The smallest absolute Gasteiger partial charge is 0.321 e. The molecule has 0 heterocycles. The van der Waals surface area contributed by atoms with Crippen LogP contribution in [0.25, 0.3) is 0 Å². The highest BCUT2D eigenvalue weighted by Gasteiger charge is 2.10. The topological polar surface area (TPSA) is 89.9 Å². The molecule has 0 saturated carbocycles. The van der Waals surface area contributed by atoms with Gasteiger partial charge in [0.15, 0.2) is 0 Å². The fraction of sp³-hybridized carbons (Fsp3) is 0.385. The van der Waals surface area contributed by atoms with Gasteiger partial charge in [0.25, 0.3) is 0 Å². The summed E-state index contributed by atoms with van der Waals surface area (Å²) >= 11 is 0. The molecule has 104 valence electrons. The summed E-state index contributed by atoms with van der Waals surface area (Å²) in [5, 5.41) is 20.5. The van der Waals surface area contributed by atoms with Crippen molar-refractivity contribution in [1.82, 2.24) is 5.32 Å². The molecule has 0 bridgehead atoms. The zero-order chi connectivity index (χ0) is 14.3. The van der Waals surface area contributed by atoms with E-state index < -0.39 is 5.97 Å². The summed E-state index contributed by atoms with van der Waals surface area (Å²) in [6.45, 7) is 0.426. The van der Waals surface area contributed by atoms with Crippen molar-refractivity contribution in [1.29, 1.82) is 0 Å². The quantitative estimate of drug-likeness (QED) is 0.685. The van der Waals surface area contributed by atoms with E-state index in [9.17, 15) is 14.7 Å². The minimum atomic E-state index is -0.830. The maximum absolute atomic E-state index is 11.8. The Labute approximate surface area is 111 Å². The molecule has 2 amide bonds. The molecule has 1 aromatic rings. The lowest BCUT2D eigenvalue weighted by Crippen LogP contribution is -2.37. The number of urea groups is 1. The summed E-state index contributed by atoms with van der Waals surface area (Å²) in [5.74, 6) is -0.734. The number of phenolic OH excluding ortho intramolecular Hbond substituents is 1. The van der Waals surface area contributed by atoms with Gasteiger partial charge in [-0.2, -0.15) is 0 Å². The Kier molecular flexibility index (Phi) is 5.66. The Hall–Kier alpha value is -2.24. The van der Waals surface area contributed by atoms with Gasteiger partial charge in [-0.3, -0.25) is 9.69 Å². The van der Waals surface area contributed by atoms with Crippen molar-refractivity contribution in [2.24, 2.45) is 0 Å². The number of carboxylic acid groups (broad SMARTS) is 1. The molecule has 0 radical (unpaired) electrons. The molecule has 0 spiro atoms. The van der Waals surface area contributed by atoms with Gasteiger partial charge in [-0.15, -0.1) is 0 Å². The number of phenols is 1. The van der Waals surface area contributed by atoms with Crippen LogP contribution in [-0.4, -0.2) is 35.8 Å². The summed E-state index contributed by atoms with van der Waals surface area (Å²) in [6, 6.07) is 6.09. The van der Waals surface area contributed by atoms with E-state index in [2.05, 4.69) is 5.32 Å². The summed E-state index contributed by atoms with van der Waals surface area (Å²) in [4.78, 5) is 23.5. The van der Waals surface area contributed by atoms with Gasteiger partial charge in [-0.1, -0.05) is 6.07 Å². The van der Waals surface area contributed by atoms with Gasteiger partial charge in [0, 0.05) is 31.8 Å². The number of unbranched alkanes of at least 4 members (excludes halogenated alkanes) is 1. The highest BCUT2D eigenvalue weighted by atomic mass is 16.4. The lowest BCUT2D eigenvalue weighted by Gasteiger charge is -2.18. The number of hydrogen-bond acceptors (Lipinski definition) is 3. The number of anilines is 1. The van der Waals surface area contributed by atoms with Gasteiger partial charge in [0.1, 0.15) is 5.75 Å². The first-order chi connectivity index (χ1) is 9.00. The van der Waals surface area contributed by atoms with Crippen LogP contribution in [0.2, 0.25) is 0 Å². The lowest BCUT2D eigenvalue weighted by molar-refractivity contribution is -0.137. The second-order valence-electron chi connectivity index (χ2n) is 4.16. The van der Waals surface area contributed by atoms with Crippen LogP contribution in [0.3, 0.4) is 0 Å². The summed E-state index contributed by atoms with van der Waals surface area (Å²) < 4.78 is 0. The van der Waals surface area contributed by atoms with Gasteiger partial charge < -0.3 is 15.5 Å². The minimum absolute atomic E-state index is 0.0959. The number of carboxylic acids is 1. The third-order valence-corrected chi connectivity index (χ3v) is 2.62. The number of aromatic hydroxyl groups is 1. The first-order valence-corrected chi connectivity index (χ1v) is 6.03. The van der Waals surface area contributed by atoms with Gasteiger partial charge in [-0.25, -0.2) is 4.79 Å². The second kappa shape index (κ2) is 7.25. The predicted octanol–water partition coefficient (Wildman–Crippen LogP) is 1.79. The molecule has 0 atom stereocenters. The van der Waals surface area contributed by atoms with E-state index in [4.69, 9.17) is 5.11 Å². The van der Waals surface area contributed by atoms with Crippen LogP contribution < -0.4 is 10.2 Å². The van der Waals surface area contributed by atoms with Crippen LogP contribution in [0, 0.1) is 0 Å². The van der Waals surface area contributed by atoms with E-state index in [1.54, 1.807) is 19.2 Å². The summed E-state index contributed by atoms with van der Waals surface area (Å²) in [6.07, 6.45) is 1.26. The molecule has 1 aromatic carbocycles. The molecule has 0 aromatic heterocycles. The highest BCUT2D eigenvalue weighted by Crippen LogP contribution is 2.18. The SMILES string of the molecule is CN(C(=O)NCCCCC(=O)O)c1cccc(O)c1. The molecule has 0 aliphatic carbocycles. The molecule has 19 heavy (non-hydrogen) atoms. The molecule has 0 unspecified atom stereocenters. The molecular weight excluding hydrogens is 248 g/mol. The number of rotatable bonds is 6. The molecule has 0 saturated heterocycles. The van der Waals surface area contributed by atoms with E-state index in [0.29, 0.717) is 25.1 Å². The third-order valence-electron chi connectivity index (χ3n) is 2.62. The van der Waals surface area contributed by atoms with E-state index >= 15 is 0 Å². The predicted molar refractivity (Wildman–Crippen MR) is 71.4 cm³/mol. The van der Waals surface area contributed by atoms with Crippen LogP contribution >= 0.6 is 0 Å². The average molecular weight is 266 g/mol. The van der Waals surface area contributed by atoms with E-state index in [0.717, 1.165) is 0 Å². The number of carbonyl (C=O) groups is 2. The first-order valence-electron chi connectivity index (χ1n) is 6.03. The van der Waals surface area contributed by atoms with Crippen LogP contribution in [0.15, 0.2) is 24.3 Å². The highest BCUT2D eigenvalue weighted by molar-refractivity contribution is 5.91. The fourth-order valence-electron chi connectivity index (χ4n) is 1.53. The van der Waals surface area contributed by atoms with Crippen molar-refractivity contribution in [3.05, 3.63) is 24.3 Å². The Morgan fingerprint density at radius 2 is 2.05 bits per heavy atom. The lowest BCUT2D eigenvalue weighted by atomic mass is 10.2. The normalized spacial score (nSPS) is 9.95. The molecule has 3 N–H and O–H groups in total. The Morgan fingerprint density at radius 3 is 2.68 bits per heavy atom. The average Bonchev–Trinajstić information content (AvgIpc) is 2.36. The van der Waals surface area contributed by atoms with Crippen LogP contribution in [-0.2, 0) is 4.79 Å². The van der Waals surface area contributed by atoms with Crippen molar-refractivity contribution in [3.8, 4) is 5.75 Å². The van der Waals surface area contributed by atoms with Crippen LogP contribution in [0.1, 0.15) is 19.3 Å². The minimum Gasteiger partial charge on any atom is -0.508 e. The third kappa shape index (κ3) is 5.29. The van der Waals surface area contributed by atoms with Gasteiger partial charge >= 0.3 is 12.0 Å². The van der Waals surface area contributed by atoms with Crippen molar-refractivity contribution in [3.63, 3.8) is 0 Å². The number of nitrogens with zero attached hydrogens (tertiary/aromatic N) is 1. The molecule has 6 heteroatoms. The van der Waals surface area contributed by atoms with Gasteiger partial charge in [-0.05, 0) is 25.0 Å². The number of amides is 2. The number of carbonyl (C=O) groups excluding carboxylic acids is 1. The fourth-order valence-corrected chi connectivity index (χ4v) is 1.53. The Morgan fingerprint density at radius 1 is 1.32 bits per heavy atom. The van der Waals surface area contributed by atoms with Gasteiger partial charge in [0.05, 0.1) is 0 Å². The van der Waals surface area contributed by atoms with E-state index in [1.807, 2.05) is 0 Å². The van der Waals surface area contributed by atoms with Crippen molar-refractivity contribution in [2.45, 2.75) is 19.3 Å². The number of benzene rings is 1. The van der Waals surface area contributed by atoms with Crippen molar-refractivity contribution >= 4 is 17.7 Å². The van der Waals surface area contributed by atoms with Crippen LogP contribution in [0.4, 0.5) is 10.5 Å². The molecule has 6 nitrogen and oxygen atoms in total. The van der Waals surface area contributed by atoms with Gasteiger partial charge in [0.2, 0.25) is 0 Å². The molecule has 0 aliphatic rings. The van der Waals surface area contributed by atoms with E-state index in [1.165, 1.54) is 17.0 Å². The monoisotopic (exact) mass is 266 g/mol. The summed E-state index contributed by atoms with van der Waals surface area (Å²) in [5.41, 5.74) is 0.586. The molecule has 0 aliphatic heterocycles. The van der Waals surface area contributed by atoms with E-state index in [-0.39, 0.29) is 18.2 Å². The standard InChI is InChI=1S/C13H18N2O4/c1-15(10-5-4-6-11(16)9-10)13(19)14-8-3-2-7-12(17)18/h4-6,9,16H,2-3,7-8H2,1H3,(H,14,19)(H,17,18). The molecular formula is C13H18N2O4. The molecule has 0 fully saturated rings. The zero-order valence-electron chi connectivity index (χ0n) is 10.8. The number of hydrogen-bond donors (Lipinski definition) is 3. The van der Waals surface area contributed by atoms with Crippen molar-refractivity contribution < 1.29 is 19.8 Å². The Bertz CT molecular complexity index is 448. The first kappa shape index (κ1) is 14.8. The van der Waals surface area contributed by atoms with Crippen molar-refractivity contribution in [2.75, 3.05) is 18.5 Å². The second-order valence-corrected chi connectivity index (χ2v) is 4.16. The summed E-state index contributed by atoms with van der Waals surface area (Å²) in [7, 11) is 1.60. The number of nitrogens with one attached hydrogen (secondary N) is 1. The molecule has 1 rings (SSSR count). The maximum atomic E-state index is 11.8. The maximum Gasteiger partial charge on any atom is 0.321 e. The number of aliphatic carboxylic acids is 1. The zero-order valence-corrected chi connectivity index (χ0v) is 10.8. The Balaban J connectivity index is 2.35. The van der Waals surface area contributed by atoms with Crippen LogP contribution in [0.5, 0.6) is 5.75 Å².